The number of hydrogen-bond donors (Lipinski definition) is 0. The molecule has 0 bridgehead atoms. The van der Waals surface area contributed by atoms with E-state index >= 15 is 9.13 Å². The molecule has 0 aromatic rings. The van der Waals surface area contributed by atoms with Crippen molar-refractivity contribution in [2.45, 2.75) is 438 Å². The third-order valence-electron chi connectivity index (χ3n) is 19.2. The Balaban J connectivity index is 2.36. The van der Waals surface area contributed by atoms with Gasteiger partial charge in [-0.25, -0.2) is 9.13 Å². The molecule has 2 heterocycles. The van der Waals surface area contributed by atoms with Crippen molar-refractivity contribution in [2.75, 3.05) is 59.6 Å². The third-order valence-corrected chi connectivity index (χ3v) is 21.9. The van der Waals surface area contributed by atoms with E-state index in [1.165, 1.54) is 167 Å². The average Bonchev–Trinajstić information content (AvgIpc) is 1.76. The van der Waals surface area contributed by atoms with Crippen molar-refractivity contribution in [3.05, 3.63) is 0 Å². The van der Waals surface area contributed by atoms with Crippen LogP contribution in [0.15, 0.2) is 0 Å². The maximum absolute atomic E-state index is 15.0. The van der Waals surface area contributed by atoms with Crippen molar-refractivity contribution in [3.63, 3.8) is 0 Å². The summed E-state index contributed by atoms with van der Waals surface area (Å²) >= 11 is 0. The zero-order valence-corrected chi connectivity index (χ0v) is 68.3. The number of unbranched alkanes of at least 4 members (excludes halogenated alkanes) is 44. The SMILES string of the molecule is CCCCCCCCCCCCCC(=O)OC[C@H](COP(=O)(OCOP(=O)(OCC1COC(CCCCC)O1)OC[C@@H](COC(=O)CCCCCCCCCCCCC)OC(=O)CCCCCCCCCCCCC)OCC1COC(CCCCC)O1)OC(=O)CCCCCCCCCCCCC. The first-order valence-corrected chi connectivity index (χ1v) is 45.5. The van der Waals surface area contributed by atoms with Crippen LogP contribution in [0.4, 0.5) is 0 Å². The number of carbonyl (C=O) groups is 4. The van der Waals surface area contributed by atoms with Gasteiger partial charge in [0.25, 0.3) is 0 Å². The molecule has 103 heavy (non-hydrogen) atoms. The maximum Gasteiger partial charge on any atom is 0.477 e. The van der Waals surface area contributed by atoms with Gasteiger partial charge in [0.2, 0.25) is 0 Å². The lowest BCUT2D eigenvalue weighted by Gasteiger charge is -2.25. The summed E-state index contributed by atoms with van der Waals surface area (Å²) in [6.45, 7) is 9.69. The fraction of sp³-hybridized carbons (Fsp3) is 0.951. The summed E-state index contributed by atoms with van der Waals surface area (Å²) in [7, 11) is -9.65. The van der Waals surface area contributed by atoms with E-state index in [1.807, 2.05) is 0 Å². The third kappa shape index (κ3) is 58.6. The molecular weight excluding hydrogens is 1350 g/mol. The minimum Gasteiger partial charge on any atom is -0.462 e. The van der Waals surface area contributed by atoms with E-state index in [0.717, 1.165) is 128 Å². The number of esters is 4. The fourth-order valence-corrected chi connectivity index (χ4v) is 15.0. The Morgan fingerprint density at radius 3 is 0.816 bits per heavy atom. The van der Waals surface area contributed by atoms with Gasteiger partial charge in [-0.15, -0.1) is 0 Å². The first kappa shape index (κ1) is 97.0. The molecule has 0 saturated carbocycles. The summed E-state index contributed by atoms with van der Waals surface area (Å²) in [6.07, 6.45) is 52.2. The molecule has 0 radical (unpaired) electrons. The highest BCUT2D eigenvalue weighted by Crippen LogP contribution is 2.54. The smallest absolute Gasteiger partial charge is 0.462 e. The van der Waals surface area contributed by atoms with Gasteiger partial charge in [-0.1, -0.05) is 324 Å². The maximum atomic E-state index is 15.0. The van der Waals surface area contributed by atoms with Gasteiger partial charge < -0.3 is 37.9 Å². The molecule has 0 spiro atoms. The average molecular weight is 1510 g/mol. The molecule has 0 aliphatic carbocycles. The number of ether oxygens (including phenoxy) is 8. The second kappa shape index (κ2) is 69.2. The van der Waals surface area contributed by atoms with E-state index < -0.39 is 96.5 Å². The van der Waals surface area contributed by atoms with Gasteiger partial charge in [-0.05, 0) is 51.4 Å². The largest absolute Gasteiger partial charge is 0.477 e. The lowest BCUT2D eigenvalue weighted by molar-refractivity contribution is -0.161. The van der Waals surface area contributed by atoms with E-state index in [9.17, 15) is 19.2 Å². The Morgan fingerprint density at radius 1 is 0.301 bits per heavy atom. The van der Waals surface area contributed by atoms with Crippen LogP contribution in [-0.4, -0.2) is 121 Å². The van der Waals surface area contributed by atoms with Crippen molar-refractivity contribution in [1.82, 2.24) is 0 Å². The Labute approximate surface area is 627 Å². The number of hydrogen-bond acceptors (Lipinski definition) is 20. The van der Waals surface area contributed by atoms with Crippen molar-refractivity contribution < 1.29 is 93.3 Å². The highest BCUT2D eigenvalue weighted by Gasteiger charge is 2.38. The standard InChI is InChI=1S/C81H154O20P2/c1-7-13-19-23-27-31-35-39-43-47-53-57-76(82)88-63-72(98-78(84)59-55-49-45-41-37-33-29-25-21-15-9-3)67-92-102(86,94-69-74-65-90-80(100-74)61-51-17-11-5)96-71-97-103(87,95-70-75-66-91-81(101-75)62-52-18-12-6)93-68-73(99-79(85)60-56-50-46-42-38-34-30-26-22-16-10-4)64-89-77(83)58-54-48-44-40-36-32-28-24-20-14-8-2/h72-75,80-81H,7-71H2,1-6H3/t72-,73-,74?,75?,80?,81?,102?,103?/m1/s1. The lowest BCUT2D eigenvalue weighted by Crippen LogP contribution is -2.30. The minimum absolute atomic E-state index is 0.116. The van der Waals surface area contributed by atoms with E-state index in [2.05, 4.69) is 41.5 Å². The molecule has 0 aromatic heterocycles. The molecule has 2 saturated heterocycles. The molecule has 6 unspecified atom stereocenters. The summed E-state index contributed by atoms with van der Waals surface area (Å²) in [5.74, 6) is -2.00. The van der Waals surface area contributed by atoms with Gasteiger partial charge in [-0.3, -0.25) is 46.3 Å². The molecule has 0 N–H and O–H groups in total. The Morgan fingerprint density at radius 2 is 0.544 bits per heavy atom. The lowest BCUT2D eigenvalue weighted by atomic mass is 10.1. The van der Waals surface area contributed by atoms with E-state index in [0.29, 0.717) is 38.5 Å². The highest BCUT2D eigenvalue weighted by molar-refractivity contribution is 7.49. The van der Waals surface area contributed by atoms with Gasteiger partial charge >= 0.3 is 39.5 Å². The van der Waals surface area contributed by atoms with Crippen molar-refractivity contribution in [2.24, 2.45) is 0 Å². The summed E-state index contributed by atoms with van der Waals surface area (Å²) in [4.78, 5) is 53.7. The Hall–Kier alpha value is -2.06. The molecule has 2 aliphatic rings. The quantitative estimate of drug-likeness (QED) is 0.0181. The monoisotopic (exact) mass is 1510 g/mol. The number of phosphoric acid groups is 2. The number of carbonyl (C=O) groups excluding carboxylic acids is 4. The molecule has 2 aliphatic heterocycles. The molecular formula is C81H154O20P2. The van der Waals surface area contributed by atoms with E-state index in [4.69, 9.17) is 65.0 Å². The van der Waals surface area contributed by atoms with Crippen LogP contribution in [0.3, 0.4) is 0 Å². The van der Waals surface area contributed by atoms with E-state index in [-0.39, 0.29) is 65.3 Å². The topological polar surface area (TPSA) is 232 Å². The molecule has 0 amide bonds. The van der Waals surface area contributed by atoms with E-state index in [1.54, 1.807) is 0 Å². The zero-order chi connectivity index (χ0) is 74.6. The molecule has 608 valence electrons. The highest BCUT2D eigenvalue weighted by atomic mass is 31.2. The van der Waals surface area contributed by atoms with Crippen LogP contribution in [0.2, 0.25) is 0 Å². The summed E-state index contributed by atoms with van der Waals surface area (Å²) in [6, 6.07) is 0. The second-order valence-electron chi connectivity index (χ2n) is 29.2. The fourth-order valence-electron chi connectivity index (χ4n) is 12.7. The van der Waals surface area contributed by atoms with Crippen LogP contribution in [0.1, 0.15) is 401 Å². The first-order chi connectivity index (χ1) is 50.3. The molecule has 20 nitrogen and oxygen atoms in total. The normalized spacial score (nSPS) is 17.8. The minimum atomic E-state index is -4.83. The number of rotatable bonds is 78. The van der Waals surface area contributed by atoms with Gasteiger partial charge in [-0.2, -0.15) is 0 Å². The summed E-state index contributed by atoms with van der Waals surface area (Å²) in [5.41, 5.74) is 0. The number of phosphoric ester groups is 2. The summed E-state index contributed by atoms with van der Waals surface area (Å²) in [5, 5.41) is 0. The van der Waals surface area contributed by atoms with Gasteiger partial charge in [0.05, 0.1) is 39.6 Å². The van der Waals surface area contributed by atoms with Crippen LogP contribution in [0.25, 0.3) is 0 Å². The van der Waals surface area contributed by atoms with Crippen LogP contribution in [0.5, 0.6) is 0 Å². The van der Waals surface area contributed by atoms with Crippen LogP contribution in [-0.2, 0) is 93.3 Å². The second-order valence-corrected chi connectivity index (χ2v) is 32.6. The van der Waals surface area contributed by atoms with Crippen LogP contribution >= 0.6 is 15.6 Å². The predicted molar refractivity (Wildman–Crippen MR) is 410 cm³/mol. The van der Waals surface area contributed by atoms with Gasteiger partial charge in [0, 0.05) is 25.7 Å². The molecule has 22 heteroatoms. The molecule has 2 rings (SSSR count). The molecule has 8 atom stereocenters. The molecule has 2 fully saturated rings. The van der Waals surface area contributed by atoms with Gasteiger partial charge in [0.15, 0.2) is 31.6 Å². The van der Waals surface area contributed by atoms with Crippen LogP contribution < -0.4 is 0 Å². The van der Waals surface area contributed by atoms with Crippen LogP contribution in [0, 0.1) is 0 Å². The van der Waals surface area contributed by atoms with Gasteiger partial charge in [0.1, 0.15) is 25.4 Å². The van der Waals surface area contributed by atoms with Crippen molar-refractivity contribution in [3.8, 4) is 0 Å². The van der Waals surface area contributed by atoms with Crippen molar-refractivity contribution >= 4 is 39.5 Å². The Bertz CT molecular complexity index is 1930. The summed E-state index contributed by atoms with van der Waals surface area (Å²) < 4.78 is 113. The predicted octanol–water partition coefficient (Wildman–Crippen LogP) is 23.6. The Kier molecular flexibility index (Phi) is 65.1. The van der Waals surface area contributed by atoms with Crippen molar-refractivity contribution in [1.29, 1.82) is 0 Å². The zero-order valence-electron chi connectivity index (χ0n) is 66.5. The molecule has 0 aromatic carbocycles. The first-order valence-electron chi connectivity index (χ1n) is 42.6.